The van der Waals surface area contributed by atoms with E-state index in [-0.39, 0.29) is 40.4 Å². The normalized spacial score (nSPS) is 27.7. The van der Waals surface area contributed by atoms with Gasteiger partial charge < -0.3 is 24.5 Å². The molecule has 230 valence electrons. The number of hydrogen-bond donors (Lipinski definition) is 1. The average molecular weight is 663 g/mol. The number of alkyl halides is 1. The highest BCUT2D eigenvalue weighted by Crippen LogP contribution is 2.68. The highest BCUT2D eigenvalue weighted by Gasteiger charge is 2.76. The summed E-state index contributed by atoms with van der Waals surface area (Å²) in [5.74, 6) is -0.789. The van der Waals surface area contributed by atoms with Crippen molar-refractivity contribution < 1.29 is 24.2 Å². The molecule has 1 spiro atoms. The summed E-state index contributed by atoms with van der Waals surface area (Å²) in [6.07, 6.45) is 6.13. The van der Waals surface area contributed by atoms with Gasteiger partial charge in [0.1, 0.15) is 11.8 Å². The van der Waals surface area contributed by atoms with E-state index in [4.69, 9.17) is 4.74 Å². The Bertz CT molecular complexity index is 1160. The molecule has 3 unspecified atom stereocenters. The third-order valence-corrected chi connectivity index (χ3v) is 11.9. The van der Waals surface area contributed by atoms with Crippen LogP contribution >= 0.6 is 27.7 Å². The number of thioether (sulfide) groups is 1. The summed E-state index contributed by atoms with van der Waals surface area (Å²) in [4.78, 5) is 48.5. The number of anilines is 1. The third-order valence-electron chi connectivity index (χ3n) is 8.63. The Morgan fingerprint density at radius 1 is 1.17 bits per heavy atom. The topological polar surface area (TPSA) is 90.4 Å². The lowest BCUT2D eigenvalue weighted by Crippen LogP contribution is -2.57. The molecule has 1 aromatic carbocycles. The van der Waals surface area contributed by atoms with Crippen LogP contribution < -0.4 is 9.64 Å². The van der Waals surface area contributed by atoms with Crippen LogP contribution in [0, 0.1) is 11.8 Å². The Morgan fingerprint density at radius 2 is 1.86 bits per heavy atom. The van der Waals surface area contributed by atoms with Gasteiger partial charge in [-0.25, -0.2) is 0 Å². The molecule has 0 saturated carbocycles. The maximum Gasteiger partial charge on any atom is 0.247 e. The largest absolute Gasteiger partial charge is 0.494 e. The number of aliphatic hydroxyl groups excluding tert-OH is 1. The van der Waals surface area contributed by atoms with Crippen molar-refractivity contribution in [3.8, 4) is 5.75 Å². The fourth-order valence-electron chi connectivity index (χ4n) is 6.87. The van der Waals surface area contributed by atoms with Crippen LogP contribution in [0.1, 0.15) is 46.5 Å². The molecule has 3 saturated heterocycles. The molecule has 1 N–H and O–H groups in total. The van der Waals surface area contributed by atoms with Crippen LogP contribution in [0.2, 0.25) is 0 Å². The number of unbranched alkanes of at least 4 members (excludes halogenated alkanes) is 2. The van der Waals surface area contributed by atoms with Gasteiger partial charge in [0.05, 0.1) is 23.2 Å². The third kappa shape index (κ3) is 5.91. The highest BCUT2D eigenvalue weighted by atomic mass is 79.9. The van der Waals surface area contributed by atoms with Crippen LogP contribution in [0.3, 0.4) is 0 Å². The molecule has 6 atom stereocenters. The second kappa shape index (κ2) is 14.0. The molecule has 42 heavy (non-hydrogen) atoms. The molecule has 4 rings (SSSR count). The molecule has 10 heteroatoms. The Hall–Kier alpha value is -2.30. The fourth-order valence-corrected chi connectivity index (χ4v) is 10.5. The Morgan fingerprint density at radius 3 is 2.45 bits per heavy atom. The van der Waals surface area contributed by atoms with Gasteiger partial charge in [0.2, 0.25) is 17.7 Å². The predicted octanol–water partition coefficient (Wildman–Crippen LogP) is 4.65. The molecular formula is C32H44BrN3O5S. The number of carbonyl (C=O) groups excluding carboxylic acids is 3. The highest BCUT2D eigenvalue weighted by molar-refractivity contribution is 9.09. The Labute approximate surface area is 262 Å². The first kappa shape index (κ1) is 32.6. The van der Waals surface area contributed by atoms with Crippen molar-refractivity contribution in [3.63, 3.8) is 0 Å². The van der Waals surface area contributed by atoms with E-state index in [2.05, 4.69) is 29.1 Å². The van der Waals surface area contributed by atoms with E-state index in [1.54, 1.807) is 38.6 Å². The predicted molar refractivity (Wildman–Crippen MR) is 172 cm³/mol. The monoisotopic (exact) mass is 661 g/mol. The molecule has 1 aromatic rings. The number of halogens is 1. The molecule has 3 fully saturated rings. The van der Waals surface area contributed by atoms with Gasteiger partial charge in [0.15, 0.2) is 0 Å². The van der Waals surface area contributed by atoms with Crippen molar-refractivity contribution in [1.82, 2.24) is 9.80 Å². The van der Waals surface area contributed by atoms with E-state index < -0.39 is 22.6 Å². The van der Waals surface area contributed by atoms with Gasteiger partial charge in [-0.1, -0.05) is 28.1 Å². The van der Waals surface area contributed by atoms with Gasteiger partial charge in [-0.15, -0.1) is 24.9 Å². The molecule has 0 radical (unpaired) electrons. The number of fused-ring (bicyclic) bond motifs is 1. The van der Waals surface area contributed by atoms with Gasteiger partial charge in [-0.2, -0.15) is 0 Å². The lowest BCUT2D eigenvalue weighted by molar-refractivity contribution is -0.143. The number of likely N-dealkylation sites (tertiary alicyclic amines) is 1. The number of carbonyl (C=O) groups is 3. The number of hydrogen-bond acceptors (Lipinski definition) is 6. The molecule has 2 bridgehead atoms. The summed E-state index contributed by atoms with van der Waals surface area (Å²) >= 11 is 5.52. The van der Waals surface area contributed by atoms with Crippen molar-refractivity contribution in [1.29, 1.82) is 0 Å². The Balaban J connectivity index is 1.73. The summed E-state index contributed by atoms with van der Waals surface area (Å²) in [5.41, 5.74) is 0.715. The van der Waals surface area contributed by atoms with E-state index in [9.17, 15) is 19.5 Å². The first-order valence-corrected chi connectivity index (χ1v) is 16.8. The van der Waals surface area contributed by atoms with E-state index in [1.165, 1.54) is 0 Å². The average Bonchev–Trinajstić information content (AvgIpc) is 3.56. The van der Waals surface area contributed by atoms with Crippen molar-refractivity contribution in [2.75, 3.05) is 37.7 Å². The minimum Gasteiger partial charge on any atom is -0.494 e. The van der Waals surface area contributed by atoms with Gasteiger partial charge in [-0.05, 0) is 70.7 Å². The number of rotatable bonds is 15. The van der Waals surface area contributed by atoms with Gasteiger partial charge in [0, 0.05) is 48.0 Å². The van der Waals surface area contributed by atoms with Crippen molar-refractivity contribution >= 4 is 51.1 Å². The van der Waals surface area contributed by atoms with Crippen LogP contribution in [0.15, 0.2) is 49.6 Å². The second-order valence-electron chi connectivity index (χ2n) is 11.5. The minimum atomic E-state index is -0.711. The number of ether oxygens (including phenoxy) is 1. The number of amides is 3. The quantitative estimate of drug-likeness (QED) is 0.167. The molecule has 0 aromatic heterocycles. The van der Waals surface area contributed by atoms with Gasteiger partial charge >= 0.3 is 0 Å². The lowest BCUT2D eigenvalue weighted by atomic mass is 9.70. The zero-order valence-corrected chi connectivity index (χ0v) is 27.3. The van der Waals surface area contributed by atoms with E-state index in [1.807, 2.05) is 45.0 Å². The van der Waals surface area contributed by atoms with Crippen LogP contribution in [-0.2, 0) is 14.4 Å². The summed E-state index contributed by atoms with van der Waals surface area (Å²) in [6, 6.07) is 6.67. The van der Waals surface area contributed by atoms with Crippen LogP contribution in [0.25, 0.3) is 0 Å². The maximum absolute atomic E-state index is 14.5. The lowest BCUT2D eigenvalue weighted by Gasteiger charge is -2.39. The molecule has 8 nitrogen and oxygen atoms in total. The molecule has 3 aliphatic heterocycles. The van der Waals surface area contributed by atoms with Gasteiger partial charge in [-0.3, -0.25) is 14.4 Å². The molecule has 3 aliphatic rings. The SMILES string of the molecule is C=CCN(C(=O)[C@H]1[C@@H]2SC3(CC2Br)C(C(=O)N(CC=C)C(C)C)N(CCCCCO)C(=O)[C@H]13)c1ccc(OCC)cc1. The van der Waals surface area contributed by atoms with Crippen LogP contribution in [0.4, 0.5) is 5.69 Å². The summed E-state index contributed by atoms with van der Waals surface area (Å²) in [5, 5.41) is 9.16. The smallest absolute Gasteiger partial charge is 0.247 e. The first-order valence-electron chi connectivity index (χ1n) is 15.0. The van der Waals surface area contributed by atoms with Crippen molar-refractivity contribution in [2.24, 2.45) is 11.8 Å². The summed E-state index contributed by atoms with van der Waals surface area (Å²) < 4.78 is 4.88. The van der Waals surface area contributed by atoms with E-state index >= 15 is 0 Å². The fraction of sp³-hybridized carbons (Fsp3) is 0.594. The summed E-state index contributed by atoms with van der Waals surface area (Å²) in [6.45, 7) is 15.4. The van der Waals surface area contributed by atoms with Crippen LogP contribution in [-0.4, -0.2) is 92.4 Å². The number of nitrogens with zero attached hydrogens (tertiary/aromatic N) is 3. The van der Waals surface area contributed by atoms with Gasteiger partial charge in [0.25, 0.3) is 0 Å². The zero-order valence-electron chi connectivity index (χ0n) is 24.9. The number of aliphatic hydroxyl groups is 1. The van der Waals surface area contributed by atoms with E-state index in [0.29, 0.717) is 51.2 Å². The molecule has 3 heterocycles. The second-order valence-corrected chi connectivity index (χ2v) is 14.2. The minimum absolute atomic E-state index is 0.0112. The van der Waals surface area contributed by atoms with E-state index in [0.717, 1.165) is 12.2 Å². The number of benzene rings is 1. The molecule has 3 amide bonds. The van der Waals surface area contributed by atoms with Crippen molar-refractivity contribution in [3.05, 3.63) is 49.6 Å². The molecular weight excluding hydrogens is 618 g/mol. The Kier molecular flexibility index (Phi) is 10.9. The van der Waals surface area contributed by atoms with Crippen LogP contribution in [0.5, 0.6) is 5.75 Å². The summed E-state index contributed by atoms with van der Waals surface area (Å²) in [7, 11) is 0. The standard InChI is InChI=1S/C32H44BrN3O5S/c1-6-16-34(21(4)5)31(40)28-32-20-24(33)27(42-32)25(26(32)30(39)36(28)18-10-9-11-19-37)29(38)35(17-7-2)22-12-14-23(15-13-22)41-8-3/h6-7,12-15,21,24-28,37H,1-2,8-11,16-20H2,3-5H3/t24?,25-,26+,27-,28?,32?/m1/s1. The molecule has 0 aliphatic carbocycles. The maximum atomic E-state index is 14.5. The first-order chi connectivity index (χ1) is 20.2. The van der Waals surface area contributed by atoms with Crippen molar-refractivity contribution in [2.45, 2.75) is 73.4 Å². The zero-order chi connectivity index (χ0) is 30.6.